The minimum atomic E-state index is -0.167. The summed E-state index contributed by atoms with van der Waals surface area (Å²) < 4.78 is 5.84. The number of rotatable bonds is 1. The summed E-state index contributed by atoms with van der Waals surface area (Å²) in [5.74, 6) is 0.545. The number of carbonyl (C=O) groups is 1. The third kappa shape index (κ3) is 1.82. The molecule has 70 valence electrons. The molecular weight excluding hydrogens is 238 g/mol. The van der Waals surface area contributed by atoms with Gasteiger partial charge in [-0.15, -0.1) is 5.10 Å². The van der Waals surface area contributed by atoms with Gasteiger partial charge in [0.2, 0.25) is 5.90 Å². The highest BCUT2D eigenvalue weighted by molar-refractivity contribution is 9.11. The molecule has 2 heterocycles. The van der Waals surface area contributed by atoms with E-state index in [0.717, 1.165) is 0 Å². The first-order chi connectivity index (χ1) is 6.25. The number of nitrogens with one attached hydrogen (secondary N) is 1. The number of amides is 2. The first-order valence-corrected chi connectivity index (χ1v) is 4.71. The van der Waals surface area contributed by atoms with Crippen LogP contribution in [0, 0.1) is 0 Å². The highest BCUT2D eigenvalue weighted by Crippen LogP contribution is 2.18. The van der Waals surface area contributed by atoms with Gasteiger partial charge in [0, 0.05) is 13.0 Å². The second-order valence-corrected chi connectivity index (χ2v) is 3.44. The van der Waals surface area contributed by atoms with Crippen molar-refractivity contribution in [3.63, 3.8) is 0 Å². The van der Waals surface area contributed by atoms with Crippen LogP contribution in [0.15, 0.2) is 15.8 Å². The molecule has 1 fully saturated rings. The van der Waals surface area contributed by atoms with Gasteiger partial charge in [-0.1, -0.05) is 0 Å². The number of hydrogen-bond acceptors (Lipinski definition) is 3. The van der Waals surface area contributed by atoms with Gasteiger partial charge >= 0.3 is 6.03 Å². The maximum absolute atomic E-state index is 11.1. The smallest absolute Gasteiger partial charge is 0.338 e. The molecule has 5 nitrogen and oxygen atoms in total. The van der Waals surface area contributed by atoms with Gasteiger partial charge in [0.1, 0.15) is 0 Å². The van der Waals surface area contributed by atoms with Crippen molar-refractivity contribution in [2.45, 2.75) is 6.42 Å². The lowest BCUT2D eigenvalue weighted by Crippen LogP contribution is -2.24. The van der Waals surface area contributed by atoms with E-state index in [1.807, 2.05) is 6.08 Å². The van der Waals surface area contributed by atoms with E-state index in [0.29, 0.717) is 30.1 Å². The molecule has 0 unspecified atom stereocenters. The molecule has 0 aromatic carbocycles. The monoisotopic (exact) mass is 245 g/mol. The van der Waals surface area contributed by atoms with E-state index in [1.54, 1.807) is 0 Å². The van der Waals surface area contributed by atoms with Gasteiger partial charge in [-0.05, 0) is 22.0 Å². The highest BCUT2D eigenvalue weighted by Gasteiger charge is 2.21. The van der Waals surface area contributed by atoms with Crippen molar-refractivity contribution in [2.24, 2.45) is 5.10 Å². The van der Waals surface area contributed by atoms with Gasteiger partial charge in [0.05, 0.1) is 6.54 Å². The summed E-state index contributed by atoms with van der Waals surface area (Å²) >= 11 is 3.18. The van der Waals surface area contributed by atoms with Crippen LogP contribution in [-0.2, 0) is 4.74 Å². The molecule has 0 bridgehead atoms. The summed E-state index contributed by atoms with van der Waals surface area (Å²) in [6.45, 7) is 1.24. The normalized spacial score (nSPS) is 24.7. The number of hydrazone groups is 1. The molecule has 1 saturated heterocycles. The van der Waals surface area contributed by atoms with E-state index in [4.69, 9.17) is 4.74 Å². The zero-order valence-electron chi connectivity index (χ0n) is 6.79. The van der Waals surface area contributed by atoms with Crippen LogP contribution in [0.4, 0.5) is 4.79 Å². The average molecular weight is 246 g/mol. The lowest BCUT2D eigenvalue weighted by atomic mass is 10.5. The summed E-state index contributed by atoms with van der Waals surface area (Å²) in [7, 11) is 0. The lowest BCUT2D eigenvalue weighted by molar-refractivity contribution is 0.218. The molecule has 2 aliphatic heterocycles. The third-order valence-electron chi connectivity index (χ3n) is 1.72. The molecule has 6 heteroatoms. The fraction of sp³-hybridized carbons (Fsp3) is 0.429. The fourth-order valence-corrected chi connectivity index (χ4v) is 1.46. The minimum absolute atomic E-state index is 0.167. The minimum Gasteiger partial charge on any atom is -0.434 e. The molecule has 0 atom stereocenters. The average Bonchev–Trinajstić information content (AvgIpc) is 2.64. The molecule has 0 spiro atoms. The Morgan fingerprint density at radius 2 is 2.54 bits per heavy atom. The third-order valence-corrected chi connectivity index (χ3v) is 2.20. The summed E-state index contributed by atoms with van der Waals surface area (Å²) in [6.07, 6.45) is 2.48. The molecule has 1 N–H and O–H groups in total. The van der Waals surface area contributed by atoms with Crippen LogP contribution in [0.1, 0.15) is 6.42 Å². The Hall–Kier alpha value is -1.04. The van der Waals surface area contributed by atoms with Gasteiger partial charge in [-0.25, -0.2) is 9.80 Å². The van der Waals surface area contributed by atoms with Crippen molar-refractivity contribution in [1.29, 1.82) is 0 Å². The fourth-order valence-electron chi connectivity index (χ4n) is 1.12. The second kappa shape index (κ2) is 3.37. The van der Waals surface area contributed by atoms with Crippen LogP contribution in [-0.4, -0.2) is 30.0 Å². The Balaban J connectivity index is 2.00. The molecule has 13 heavy (non-hydrogen) atoms. The zero-order chi connectivity index (χ0) is 9.26. The quantitative estimate of drug-likeness (QED) is 0.749. The van der Waals surface area contributed by atoms with E-state index < -0.39 is 0 Å². The maximum atomic E-state index is 11.1. The van der Waals surface area contributed by atoms with Crippen molar-refractivity contribution in [3.05, 3.63) is 10.7 Å². The van der Waals surface area contributed by atoms with E-state index >= 15 is 0 Å². The second-order valence-electron chi connectivity index (χ2n) is 2.66. The van der Waals surface area contributed by atoms with Crippen molar-refractivity contribution >= 4 is 27.9 Å². The number of urea groups is 1. The molecule has 2 aliphatic rings. The Kier molecular flexibility index (Phi) is 2.22. The predicted octanol–water partition coefficient (Wildman–Crippen LogP) is 0.982. The van der Waals surface area contributed by atoms with Crippen molar-refractivity contribution < 1.29 is 9.53 Å². The number of hydrogen-bond donors (Lipinski definition) is 1. The standard InChI is InChI=1S/C7H8BrN3O2/c8-5-1-2-6(13-5)10-11-4-3-9-7(11)12/h1H,2-4H2,(H,9,12). The van der Waals surface area contributed by atoms with Gasteiger partial charge in [-0.2, -0.15) is 0 Å². The first-order valence-electron chi connectivity index (χ1n) is 3.92. The van der Waals surface area contributed by atoms with Crippen LogP contribution in [0.3, 0.4) is 0 Å². The van der Waals surface area contributed by atoms with Crippen molar-refractivity contribution in [1.82, 2.24) is 10.3 Å². The molecular formula is C7H8BrN3O2. The molecule has 0 aromatic heterocycles. The maximum Gasteiger partial charge on any atom is 0.338 e. The first kappa shape index (κ1) is 8.55. The van der Waals surface area contributed by atoms with Gasteiger partial charge in [0.15, 0.2) is 4.67 Å². The molecule has 0 aliphatic carbocycles. The number of ether oxygens (including phenoxy) is 1. The molecule has 0 radical (unpaired) electrons. The van der Waals surface area contributed by atoms with Gasteiger partial charge < -0.3 is 10.1 Å². The Morgan fingerprint density at radius 1 is 1.69 bits per heavy atom. The molecule has 2 rings (SSSR count). The summed E-state index contributed by atoms with van der Waals surface area (Å²) in [5, 5.41) is 8.06. The van der Waals surface area contributed by atoms with Crippen LogP contribution in [0.5, 0.6) is 0 Å². The number of halogens is 1. The lowest BCUT2D eigenvalue weighted by Gasteiger charge is -2.07. The summed E-state index contributed by atoms with van der Waals surface area (Å²) in [6, 6.07) is -0.167. The Labute approximate surface area is 83.5 Å². The molecule has 0 saturated carbocycles. The van der Waals surface area contributed by atoms with Crippen LogP contribution < -0.4 is 5.32 Å². The molecule has 0 aromatic rings. The summed E-state index contributed by atoms with van der Waals surface area (Å²) in [4.78, 5) is 11.1. The Bertz CT molecular complexity index is 300. The van der Waals surface area contributed by atoms with Crippen molar-refractivity contribution in [3.8, 4) is 0 Å². The number of nitrogens with zero attached hydrogens (tertiary/aromatic N) is 2. The molecule has 2 amide bonds. The SMILES string of the molecule is O=C1NCCN1N=C1CC=C(Br)O1. The number of carbonyl (C=O) groups excluding carboxylic acids is 1. The van der Waals surface area contributed by atoms with E-state index in [9.17, 15) is 4.79 Å². The van der Waals surface area contributed by atoms with E-state index in [-0.39, 0.29) is 6.03 Å². The van der Waals surface area contributed by atoms with Crippen LogP contribution in [0.2, 0.25) is 0 Å². The topological polar surface area (TPSA) is 53.9 Å². The van der Waals surface area contributed by atoms with Crippen LogP contribution >= 0.6 is 15.9 Å². The van der Waals surface area contributed by atoms with Crippen molar-refractivity contribution in [2.75, 3.05) is 13.1 Å². The van der Waals surface area contributed by atoms with Gasteiger partial charge in [0.25, 0.3) is 0 Å². The largest absolute Gasteiger partial charge is 0.434 e. The highest BCUT2D eigenvalue weighted by atomic mass is 79.9. The van der Waals surface area contributed by atoms with Gasteiger partial charge in [-0.3, -0.25) is 0 Å². The summed E-state index contributed by atoms with van der Waals surface area (Å²) in [5.41, 5.74) is 0. The zero-order valence-corrected chi connectivity index (χ0v) is 8.37. The van der Waals surface area contributed by atoms with E-state index in [1.165, 1.54) is 5.01 Å². The predicted molar refractivity (Wildman–Crippen MR) is 50.3 cm³/mol. The Morgan fingerprint density at radius 3 is 3.08 bits per heavy atom. The van der Waals surface area contributed by atoms with Crippen LogP contribution in [0.25, 0.3) is 0 Å². The van der Waals surface area contributed by atoms with E-state index in [2.05, 4.69) is 26.3 Å².